The molecular formula is C18H18N2O. The van der Waals surface area contributed by atoms with Crippen LogP contribution in [-0.2, 0) is 5.54 Å². The molecule has 0 spiro atoms. The fourth-order valence-corrected chi connectivity index (χ4v) is 2.62. The molecule has 3 aromatic rings. The molecule has 0 aliphatic heterocycles. The van der Waals surface area contributed by atoms with Gasteiger partial charge in [0.05, 0.1) is 18.2 Å². The van der Waals surface area contributed by atoms with E-state index < -0.39 is 5.54 Å². The Labute approximate surface area is 124 Å². The Balaban J connectivity index is 2.14. The summed E-state index contributed by atoms with van der Waals surface area (Å²) in [5.41, 5.74) is 9.02. The second-order valence-corrected chi connectivity index (χ2v) is 5.31. The molecule has 0 fully saturated rings. The van der Waals surface area contributed by atoms with E-state index in [1.165, 1.54) is 0 Å². The number of ether oxygens (including phenoxy) is 1. The molecule has 0 saturated carbocycles. The van der Waals surface area contributed by atoms with Crippen LogP contribution in [0.4, 0.5) is 0 Å². The average molecular weight is 278 g/mol. The minimum Gasteiger partial charge on any atom is -0.497 e. The predicted molar refractivity (Wildman–Crippen MR) is 85.4 cm³/mol. The first-order valence-electron chi connectivity index (χ1n) is 6.90. The monoisotopic (exact) mass is 278 g/mol. The van der Waals surface area contributed by atoms with Crippen LogP contribution in [0.2, 0.25) is 0 Å². The van der Waals surface area contributed by atoms with E-state index >= 15 is 0 Å². The van der Waals surface area contributed by atoms with E-state index in [1.807, 2.05) is 49.4 Å². The van der Waals surface area contributed by atoms with Crippen LogP contribution in [0.5, 0.6) is 5.75 Å². The van der Waals surface area contributed by atoms with Crippen molar-refractivity contribution in [2.75, 3.05) is 7.11 Å². The standard InChI is InChI=1S/C18H18N2O/c1-18(19,14-8-10-15(21-2)11-9-14)16-7-3-5-13-6-4-12-20-17(13)16/h3-12H,19H2,1-2H3. The number of benzene rings is 2. The zero-order valence-corrected chi connectivity index (χ0v) is 12.2. The van der Waals surface area contributed by atoms with Gasteiger partial charge >= 0.3 is 0 Å². The highest BCUT2D eigenvalue weighted by Gasteiger charge is 2.26. The van der Waals surface area contributed by atoms with Gasteiger partial charge in [-0.05, 0) is 30.7 Å². The van der Waals surface area contributed by atoms with Crippen molar-refractivity contribution in [3.8, 4) is 5.75 Å². The second-order valence-electron chi connectivity index (χ2n) is 5.31. The van der Waals surface area contributed by atoms with Crippen LogP contribution in [0.3, 0.4) is 0 Å². The normalized spacial score (nSPS) is 13.9. The molecule has 3 nitrogen and oxygen atoms in total. The van der Waals surface area contributed by atoms with E-state index in [-0.39, 0.29) is 0 Å². The maximum atomic E-state index is 6.64. The third kappa shape index (κ3) is 2.36. The molecule has 2 N–H and O–H groups in total. The van der Waals surface area contributed by atoms with Crippen LogP contribution in [0.1, 0.15) is 18.1 Å². The number of pyridine rings is 1. The van der Waals surface area contributed by atoms with Gasteiger partial charge in [0, 0.05) is 17.1 Å². The van der Waals surface area contributed by atoms with Crippen molar-refractivity contribution in [3.63, 3.8) is 0 Å². The molecule has 0 aliphatic carbocycles. The maximum Gasteiger partial charge on any atom is 0.118 e. The van der Waals surface area contributed by atoms with Crippen LogP contribution >= 0.6 is 0 Å². The average Bonchev–Trinajstić information content (AvgIpc) is 2.54. The van der Waals surface area contributed by atoms with Crippen LogP contribution in [0.25, 0.3) is 10.9 Å². The Morgan fingerprint density at radius 1 is 1.00 bits per heavy atom. The summed E-state index contributed by atoms with van der Waals surface area (Å²) in [5.74, 6) is 0.825. The Bertz CT molecular complexity index is 758. The number of hydrogen-bond donors (Lipinski definition) is 1. The van der Waals surface area contributed by atoms with Gasteiger partial charge < -0.3 is 10.5 Å². The molecule has 3 rings (SSSR count). The summed E-state index contributed by atoms with van der Waals surface area (Å²) in [6.45, 7) is 2.01. The molecule has 0 aliphatic rings. The maximum absolute atomic E-state index is 6.64. The van der Waals surface area contributed by atoms with Crippen molar-refractivity contribution >= 4 is 10.9 Å². The first-order valence-corrected chi connectivity index (χ1v) is 6.90. The first-order chi connectivity index (χ1) is 10.1. The van der Waals surface area contributed by atoms with Crippen molar-refractivity contribution < 1.29 is 4.74 Å². The number of fused-ring (bicyclic) bond motifs is 1. The topological polar surface area (TPSA) is 48.1 Å². The first kappa shape index (κ1) is 13.6. The van der Waals surface area contributed by atoms with E-state index in [0.29, 0.717) is 0 Å². The van der Waals surface area contributed by atoms with Crippen molar-refractivity contribution in [3.05, 3.63) is 71.9 Å². The van der Waals surface area contributed by atoms with Gasteiger partial charge in [-0.3, -0.25) is 4.98 Å². The highest BCUT2D eigenvalue weighted by Crippen LogP contribution is 2.31. The van der Waals surface area contributed by atoms with Gasteiger partial charge in [0.25, 0.3) is 0 Å². The van der Waals surface area contributed by atoms with E-state index in [0.717, 1.165) is 27.8 Å². The quantitative estimate of drug-likeness (QED) is 0.798. The minimum absolute atomic E-state index is 0.611. The molecule has 0 saturated heterocycles. The third-order valence-corrected chi connectivity index (χ3v) is 3.88. The van der Waals surface area contributed by atoms with Gasteiger partial charge in [0.1, 0.15) is 5.75 Å². The lowest BCUT2D eigenvalue weighted by Crippen LogP contribution is -2.34. The number of rotatable bonds is 3. The zero-order valence-electron chi connectivity index (χ0n) is 12.2. The summed E-state index contributed by atoms with van der Waals surface area (Å²) >= 11 is 0. The molecule has 1 aromatic heterocycles. The Kier molecular flexibility index (Phi) is 3.35. The van der Waals surface area contributed by atoms with Gasteiger partial charge in [-0.1, -0.05) is 36.4 Å². The lowest BCUT2D eigenvalue weighted by Gasteiger charge is -2.27. The van der Waals surface area contributed by atoms with Gasteiger partial charge in [0.2, 0.25) is 0 Å². The Morgan fingerprint density at radius 3 is 2.43 bits per heavy atom. The molecule has 2 aromatic carbocycles. The summed E-state index contributed by atoms with van der Waals surface area (Å²) in [7, 11) is 1.66. The molecule has 0 bridgehead atoms. The van der Waals surface area contributed by atoms with Crippen molar-refractivity contribution in [2.45, 2.75) is 12.5 Å². The van der Waals surface area contributed by atoms with Gasteiger partial charge in [0.15, 0.2) is 0 Å². The van der Waals surface area contributed by atoms with Crippen molar-refractivity contribution in [1.82, 2.24) is 4.98 Å². The Morgan fingerprint density at radius 2 is 1.71 bits per heavy atom. The summed E-state index contributed by atoms with van der Waals surface area (Å²) in [6.07, 6.45) is 1.80. The van der Waals surface area contributed by atoms with Crippen LogP contribution in [-0.4, -0.2) is 12.1 Å². The number of nitrogens with zero attached hydrogens (tertiary/aromatic N) is 1. The minimum atomic E-state index is -0.611. The smallest absolute Gasteiger partial charge is 0.118 e. The van der Waals surface area contributed by atoms with Gasteiger partial charge in [-0.15, -0.1) is 0 Å². The van der Waals surface area contributed by atoms with Crippen LogP contribution in [0, 0.1) is 0 Å². The van der Waals surface area contributed by atoms with Gasteiger partial charge in [-0.2, -0.15) is 0 Å². The zero-order chi connectivity index (χ0) is 14.9. The van der Waals surface area contributed by atoms with E-state index in [1.54, 1.807) is 13.3 Å². The fourth-order valence-electron chi connectivity index (χ4n) is 2.62. The highest BCUT2D eigenvalue weighted by atomic mass is 16.5. The lowest BCUT2D eigenvalue weighted by atomic mass is 9.84. The number of aromatic nitrogens is 1. The highest BCUT2D eigenvalue weighted by molar-refractivity contribution is 5.83. The number of hydrogen-bond acceptors (Lipinski definition) is 3. The predicted octanol–water partition coefficient (Wildman–Crippen LogP) is 3.47. The molecule has 0 radical (unpaired) electrons. The molecule has 1 atom stereocenters. The van der Waals surface area contributed by atoms with E-state index in [9.17, 15) is 0 Å². The van der Waals surface area contributed by atoms with Gasteiger partial charge in [-0.25, -0.2) is 0 Å². The summed E-state index contributed by atoms with van der Waals surface area (Å²) in [4.78, 5) is 4.50. The molecule has 3 heteroatoms. The van der Waals surface area contributed by atoms with E-state index in [2.05, 4.69) is 17.1 Å². The number of nitrogens with two attached hydrogens (primary N) is 1. The molecule has 1 unspecified atom stereocenters. The Hall–Kier alpha value is -2.39. The SMILES string of the molecule is COc1ccc(C(C)(N)c2cccc3cccnc23)cc1. The molecule has 1 heterocycles. The van der Waals surface area contributed by atoms with E-state index in [4.69, 9.17) is 10.5 Å². The number of para-hydroxylation sites is 1. The molecule has 21 heavy (non-hydrogen) atoms. The van der Waals surface area contributed by atoms with Crippen LogP contribution in [0.15, 0.2) is 60.8 Å². The lowest BCUT2D eigenvalue weighted by molar-refractivity contribution is 0.414. The molecular weight excluding hydrogens is 260 g/mol. The summed E-state index contributed by atoms with van der Waals surface area (Å²) in [5, 5.41) is 1.10. The van der Waals surface area contributed by atoms with Crippen LogP contribution < -0.4 is 10.5 Å². The van der Waals surface area contributed by atoms with Crippen molar-refractivity contribution in [1.29, 1.82) is 0 Å². The molecule has 0 amide bonds. The largest absolute Gasteiger partial charge is 0.497 e. The summed E-state index contributed by atoms with van der Waals surface area (Å²) < 4.78 is 5.20. The third-order valence-electron chi connectivity index (χ3n) is 3.88. The fraction of sp³-hybridized carbons (Fsp3) is 0.167. The van der Waals surface area contributed by atoms with Crippen molar-refractivity contribution in [2.24, 2.45) is 5.73 Å². The summed E-state index contributed by atoms with van der Waals surface area (Å²) in [6, 6.07) is 18.0. The number of methoxy groups -OCH3 is 1. The molecule has 106 valence electrons. The second kappa shape index (κ2) is 5.19.